The first kappa shape index (κ1) is 65.5. The molecule has 524 valence electrons. The van der Waals surface area contributed by atoms with Crippen molar-refractivity contribution in [2.75, 3.05) is 0 Å². The minimum Gasteiger partial charge on any atom is -0.0619 e. The van der Waals surface area contributed by atoms with Gasteiger partial charge in [-0.25, -0.2) is 0 Å². The molecule has 0 saturated heterocycles. The fourth-order valence-electron chi connectivity index (χ4n) is 18.9. The summed E-state index contributed by atoms with van der Waals surface area (Å²) in [5, 5.41) is 51.2. The molecule has 0 aliphatic heterocycles. The van der Waals surface area contributed by atoms with Crippen LogP contribution in [0.5, 0.6) is 0 Å². The zero-order valence-corrected chi connectivity index (χ0v) is 62.1. The third-order valence-electron chi connectivity index (χ3n) is 24.1. The second kappa shape index (κ2) is 27.2. The zero-order valence-electron chi connectivity index (χ0n) is 62.1. The molecule has 0 spiro atoms. The quantitative estimate of drug-likeness (QED) is 0.105. The molecule has 0 aromatic heterocycles. The lowest BCUT2D eigenvalue weighted by molar-refractivity contribution is 1.26. The molecular formula is C113H72. The molecule has 26 aromatic carbocycles. The molecule has 0 N–H and O–H groups in total. The summed E-state index contributed by atoms with van der Waals surface area (Å²) in [6.45, 7) is 0. The van der Waals surface area contributed by atoms with Crippen LogP contribution in [0.2, 0.25) is 0 Å². The summed E-state index contributed by atoms with van der Waals surface area (Å²) in [4.78, 5) is 0. The maximum Gasteiger partial charge on any atom is -0.00135 e. The van der Waals surface area contributed by atoms with Crippen LogP contribution in [0.4, 0.5) is 0 Å². The molecule has 0 radical (unpaired) electrons. The molecule has 0 fully saturated rings. The van der Waals surface area contributed by atoms with E-state index in [1.54, 1.807) is 0 Å². The highest BCUT2D eigenvalue weighted by Crippen LogP contribution is 2.49. The average Bonchev–Trinajstić information content (AvgIpc) is 0.689. The SMILES string of the molecule is c1cc2ccc3ccc4ccc5ccc6ccc1c1c2c3c4c5c61.c1ccc2c(c1)Cc1ccccc1-2.c1ccc2c(c1)c1ccccc1c1ccccc21.c1ccc2c(c1)ccc1c3ccccc3ccc21.c1ccc2cc3c(ccc4ccccc43)cc2c1.c1ccc2cc3c4ccccc4c4ccccc4c3cc2c1. The molecule has 0 nitrogen and oxygen atoms in total. The molecule has 0 bridgehead atoms. The van der Waals surface area contributed by atoms with E-state index < -0.39 is 0 Å². The van der Waals surface area contributed by atoms with Gasteiger partial charge >= 0.3 is 0 Å². The Bertz CT molecular complexity index is 7330. The highest BCUT2D eigenvalue weighted by molar-refractivity contribution is 6.44. The highest BCUT2D eigenvalue weighted by atomic mass is 14.2. The number of fused-ring (bicyclic) bond motifs is 25. The summed E-state index contributed by atoms with van der Waals surface area (Å²) in [5.41, 5.74) is 5.75. The summed E-state index contributed by atoms with van der Waals surface area (Å²) in [7, 11) is 0. The molecule has 0 amide bonds. The fourth-order valence-corrected chi connectivity index (χ4v) is 18.9. The molecule has 1 aliphatic carbocycles. The van der Waals surface area contributed by atoms with E-state index in [-0.39, 0.29) is 0 Å². The van der Waals surface area contributed by atoms with E-state index in [1.165, 1.54) is 227 Å². The first-order valence-electron chi connectivity index (χ1n) is 39.4. The molecule has 0 atom stereocenters. The summed E-state index contributed by atoms with van der Waals surface area (Å²) in [6.07, 6.45) is 1.10. The standard InChI is InChI=1S/C24H12.C22H14.3C18H12.C13H10/c1-2-14-5-6-16-9-11-18-12-10-17-8-7-15-4-3-13(1)19-20(14)22(16)24(18)23(17)21(15)19;1-2-8-16-14-22-20-12-6-4-10-18(20)17-9-3-5-11-19(17)21(22)13-15(16)7-1;1-3-7-15-13(5-1)9-11-18-16-8-4-2-6-14(16)10-12-17(15)18;1-2-8-14-13(7-1)15-9-3-4-11-17(15)18-12-6-5-10-16(14)18;1-2-7-15-12-18-16(11-14(15)6-1)10-9-13-5-3-4-8-17(13)18;1-3-7-12-10(5-1)9-11-6-2-4-8-13(11)12/h1-12H;1-14H;3*1-12H;1-8H,9H2. The Morgan fingerprint density at radius 3 is 0.593 bits per heavy atom. The summed E-state index contributed by atoms with van der Waals surface area (Å²) in [6, 6.07) is 153. The van der Waals surface area contributed by atoms with Gasteiger partial charge in [0.2, 0.25) is 0 Å². The number of benzene rings is 26. The first-order valence-corrected chi connectivity index (χ1v) is 39.4. The van der Waals surface area contributed by atoms with Gasteiger partial charge in [0.05, 0.1) is 0 Å². The third-order valence-corrected chi connectivity index (χ3v) is 24.1. The van der Waals surface area contributed by atoms with Gasteiger partial charge in [-0.3, -0.25) is 0 Å². The summed E-state index contributed by atoms with van der Waals surface area (Å²) < 4.78 is 0. The lowest BCUT2D eigenvalue weighted by Gasteiger charge is -2.20. The number of hydrogen-bond acceptors (Lipinski definition) is 0. The minimum absolute atomic E-state index is 1.10. The summed E-state index contributed by atoms with van der Waals surface area (Å²) in [5.74, 6) is 0. The Labute approximate surface area is 653 Å². The number of hydrogen-bond donors (Lipinski definition) is 0. The first-order chi connectivity index (χ1) is 56.1. The van der Waals surface area contributed by atoms with Crippen molar-refractivity contribution < 1.29 is 0 Å². The zero-order chi connectivity index (χ0) is 74.5. The molecule has 0 unspecified atom stereocenters. The predicted molar refractivity (Wildman–Crippen MR) is 493 cm³/mol. The van der Waals surface area contributed by atoms with Crippen molar-refractivity contribution >= 4 is 205 Å². The van der Waals surface area contributed by atoms with Crippen LogP contribution in [0.15, 0.2) is 425 Å². The van der Waals surface area contributed by atoms with Gasteiger partial charge in [0.25, 0.3) is 0 Å². The Hall–Kier alpha value is -14.6. The van der Waals surface area contributed by atoms with Crippen molar-refractivity contribution in [2.45, 2.75) is 6.42 Å². The molecular weight excluding hydrogens is 1360 g/mol. The van der Waals surface area contributed by atoms with Crippen molar-refractivity contribution in [3.63, 3.8) is 0 Å². The third kappa shape index (κ3) is 11.1. The van der Waals surface area contributed by atoms with Crippen LogP contribution in [0.1, 0.15) is 11.1 Å². The van der Waals surface area contributed by atoms with Gasteiger partial charge in [0.1, 0.15) is 0 Å². The van der Waals surface area contributed by atoms with Gasteiger partial charge in [-0.05, 0) is 258 Å². The van der Waals surface area contributed by atoms with Crippen LogP contribution in [-0.2, 0) is 6.42 Å². The smallest absolute Gasteiger partial charge is 0.00135 e. The second-order valence-corrected chi connectivity index (χ2v) is 30.3. The fraction of sp³-hybridized carbons (Fsp3) is 0.00885. The van der Waals surface area contributed by atoms with Gasteiger partial charge < -0.3 is 0 Å². The molecule has 0 saturated carbocycles. The monoisotopic (exact) mass is 1430 g/mol. The largest absolute Gasteiger partial charge is 0.0619 e. The lowest BCUT2D eigenvalue weighted by atomic mass is 9.83. The van der Waals surface area contributed by atoms with Crippen molar-refractivity contribution in [3.8, 4) is 11.1 Å². The van der Waals surface area contributed by atoms with Gasteiger partial charge in [0.15, 0.2) is 0 Å². The highest BCUT2D eigenvalue weighted by Gasteiger charge is 2.21. The molecule has 26 aromatic rings. The maximum atomic E-state index is 2.33. The lowest BCUT2D eigenvalue weighted by Crippen LogP contribution is -1.91. The molecule has 1 aliphatic rings. The second-order valence-electron chi connectivity index (χ2n) is 30.3. The topological polar surface area (TPSA) is 0 Å². The Morgan fingerprint density at radius 1 is 0.106 bits per heavy atom. The maximum absolute atomic E-state index is 2.33. The van der Waals surface area contributed by atoms with Gasteiger partial charge in [-0.2, -0.15) is 0 Å². The van der Waals surface area contributed by atoms with Gasteiger partial charge in [0, 0.05) is 0 Å². The normalized spacial score (nSPS) is 11.9. The van der Waals surface area contributed by atoms with E-state index in [1.807, 2.05) is 0 Å². The van der Waals surface area contributed by atoms with Crippen molar-refractivity contribution in [2.24, 2.45) is 0 Å². The van der Waals surface area contributed by atoms with Crippen LogP contribution >= 0.6 is 0 Å². The predicted octanol–water partition coefficient (Wildman–Crippen LogP) is 31.9. The summed E-state index contributed by atoms with van der Waals surface area (Å²) >= 11 is 0. The van der Waals surface area contributed by atoms with Crippen LogP contribution in [0, 0.1) is 0 Å². The number of rotatable bonds is 0. The molecule has 27 rings (SSSR count). The molecule has 113 heavy (non-hydrogen) atoms. The van der Waals surface area contributed by atoms with Crippen LogP contribution < -0.4 is 0 Å². The van der Waals surface area contributed by atoms with E-state index in [0.717, 1.165) is 6.42 Å². The Morgan fingerprint density at radius 2 is 0.292 bits per heavy atom. The van der Waals surface area contributed by atoms with Gasteiger partial charge in [-0.15, -0.1) is 0 Å². The Balaban J connectivity index is 0.0000000837. The van der Waals surface area contributed by atoms with Crippen LogP contribution in [-0.4, -0.2) is 0 Å². The molecule has 0 heterocycles. The van der Waals surface area contributed by atoms with E-state index in [2.05, 4.69) is 425 Å². The minimum atomic E-state index is 1.10. The van der Waals surface area contributed by atoms with Crippen molar-refractivity contribution in [1.29, 1.82) is 0 Å². The van der Waals surface area contributed by atoms with Gasteiger partial charge in [-0.1, -0.05) is 400 Å². The van der Waals surface area contributed by atoms with E-state index in [4.69, 9.17) is 0 Å². The van der Waals surface area contributed by atoms with Crippen LogP contribution in [0.3, 0.4) is 0 Å². The van der Waals surface area contributed by atoms with E-state index in [0.29, 0.717) is 0 Å². The average molecular weight is 1430 g/mol. The van der Waals surface area contributed by atoms with Crippen molar-refractivity contribution in [1.82, 2.24) is 0 Å². The van der Waals surface area contributed by atoms with Crippen LogP contribution in [0.25, 0.3) is 216 Å². The van der Waals surface area contributed by atoms with E-state index in [9.17, 15) is 0 Å². The van der Waals surface area contributed by atoms with Crippen molar-refractivity contribution in [3.05, 3.63) is 436 Å². The van der Waals surface area contributed by atoms with E-state index >= 15 is 0 Å². The molecule has 0 heteroatoms. The Kier molecular flexibility index (Phi) is 15.8.